The monoisotopic (exact) mass is 311 g/mol. The zero-order chi connectivity index (χ0) is 14.8. The van der Waals surface area contributed by atoms with Gasteiger partial charge in [0.05, 0.1) is 4.90 Å². The normalized spacial score (nSPS) is 11.3. The van der Waals surface area contributed by atoms with E-state index in [0.717, 1.165) is 11.8 Å². The third-order valence-corrected chi connectivity index (χ3v) is 4.11. The Bertz CT molecular complexity index is 712. The first-order valence-corrected chi connectivity index (χ1v) is 8.10. The first-order valence-electron chi connectivity index (χ1n) is 5.83. The van der Waals surface area contributed by atoms with Gasteiger partial charge in [-0.3, -0.25) is 0 Å². The summed E-state index contributed by atoms with van der Waals surface area (Å²) >= 11 is 5.89. The second kappa shape index (κ2) is 5.73. The van der Waals surface area contributed by atoms with Gasteiger partial charge in [-0.15, -0.1) is 0 Å². The molecule has 0 aliphatic heterocycles. The Labute approximate surface area is 123 Å². The average Bonchev–Trinajstić information content (AvgIpc) is 2.39. The first-order chi connectivity index (χ1) is 9.36. The molecule has 0 aromatic heterocycles. The minimum absolute atomic E-state index is 0.257. The third kappa shape index (κ3) is 3.65. The van der Waals surface area contributed by atoms with Crippen molar-refractivity contribution in [2.45, 2.75) is 11.5 Å². The van der Waals surface area contributed by atoms with E-state index < -0.39 is 9.84 Å². The molecule has 2 N–H and O–H groups in total. The lowest BCUT2D eigenvalue weighted by atomic mass is 10.2. The fourth-order valence-corrected chi connectivity index (χ4v) is 2.47. The number of halogens is 1. The highest BCUT2D eigenvalue weighted by Crippen LogP contribution is 2.21. The molecule has 0 aliphatic carbocycles. The van der Waals surface area contributed by atoms with Gasteiger partial charge in [0.1, 0.15) is 12.4 Å². The second-order valence-corrected chi connectivity index (χ2v) is 6.83. The molecule has 4 nitrogen and oxygen atoms in total. The summed E-state index contributed by atoms with van der Waals surface area (Å²) in [4.78, 5) is 0.257. The van der Waals surface area contributed by atoms with E-state index >= 15 is 0 Å². The van der Waals surface area contributed by atoms with Crippen molar-refractivity contribution in [3.63, 3.8) is 0 Å². The van der Waals surface area contributed by atoms with Gasteiger partial charge in [-0.05, 0) is 42.5 Å². The zero-order valence-electron chi connectivity index (χ0n) is 10.8. The molecule has 0 amide bonds. The fourth-order valence-electron chi connectivity index (χ4n) is 1.64. The summed E-state index contributed by atoms with van der Waals surface area (Å²) < 4.78 is 28.2. The lowest BCUT2D eigenvalue weighted by Crippen LogP contribution is -2.01. The highest BCUT2D eigenvalue weighted by molar-refractivity contribution is 7.90. The first kappa shape index (κ1) is 14.7. The van der Waals surface area contributed by atoms with Crippen LogP contribution in [0.3, 0.4) is 0 Å². The number of rotatable bonds is 4. The smallest absolute Gasteiger partial charge is 0.175 e. The molecule has 2 aromatic carbocycles. The Morgan fingerprint density at radius 3 is 2.40 bits per heavy atom. The van der Waals surface area contributed by atoms with E-state index in [1.54, 1.807) is 30.3 Å². The van der Waals surface area contributed by atoms with Crippen LogP contribution in [-0.2, 0) is 16.4 Å². The number of nitrogens with two attached hydrogens (primary N) is 1. The van der Waals surface area contributed by atoms with E-state index in [1.807, 2.05) is 0 Å². The van der Waals surface area contributed by atoms with Crippen LogP contribution in [0.4, 0.5) is 5.69 Å². The number of hydrogen-bond acceptors (Lipinski definition) is 4. The maximum atomic E-state index is 11.3. The molecular weight excluding hydrogens is 298 g/mol. The predicted molar refractivity (Wildman–Crippen MR) is 79.7 cm³/mol. The van der Waals surface area contributed by atoms with Crippen molar-refractivity contribution >= 4 is 27.1 Å². The van der Waals surface area contributed by atoms with Crippen LogP contribution in [-0.4, -0.2) is 14.7 Å². The Balaban J connectivity index is 2.10. The quantitative estimate of drug-likeness (QED) is 0.881. The van der Waals surface area contributed by atoms with Gasteiger partial charge in [-0.1, -0.05) is 11.6 Å². The van der Waals surface area contributed by atoms with Gasteiger partial charge in [-0.2, -0.15) is 0 Å². The number of hydrogen-bond donors (Lipinski definition) is 1. The average molecular weight is 312 g/mol. The van der Waals surface area contributed by atoms with Gasteiger partial charge in [-0.25, -0.2) is 8.42 Å². The molecular formula is C14H14ClNO3S. The molecule has 0 saturated heterocycles. The molecule has 0 aliphatic rings. The molecule has 6 heteroatoms. The Morgan fingerprint density at radius 1 is 1.15 bits per heavy atom. The molecule has 2 aromatic rings. The molecule has 0 radical (unpaired) electrons. The largest absolute Gasteiger partial charge is 0.489 e. The molecule has 0 fully saturated rings. The maximum Gasteiger partial charge on any atom is 0.175 e. The van der Waals surface area contributed by atoms with Gasteiger partial charge >= 0.3 is 0 Å². The summed E-state index contributed by atoms with van der Waals surface area (Å²) in [6.07, 6.45) is 1.16. The summed E-state index contributed by atoms with van der Waals surface area (Å²) in [5.41, 5.74) is 7.20. The van der Waals surface area contributed by atoms with Crippen molar-refractivity contribution in [2.24, 2.45) is 0 Å². The summed E-state index contributed by atoms with van der Waals surface area (Å²) in [5.74, 6) is 0.566. The molecule has 0 bridgehead atoms. The summed E-state index contributed by atoms with van der Waals surface area (Å²) in [6, 6.07) is 11.4. The van der Waals surface area contributed by atoms with Crippen LogP contribution >= 0.6 is 11.6 Å². The maximum absolute atomic E-state index is 11.3. The third-order valence-electron chi connectivity index (χ3n) is 2.75. The Morgan fingerprint density at radius 2 is 1.80 bits per heavy atom. The van der Waals surface area contributed by atoms with Gasteiger partial charge in [0.15, 0.2) is 9.84 Å². The molecule has 0 saturated carbocycles. The molecule has 0 atom stereocenters. The highest BCUT2D eigenvalue weighted by atomic mass is 35.5. The molecule has 0 unspecified atom stereocenters. The van der Waals surface area contributed by atoms with Gasteiger partial charge < -0.3 is 10.5 Å². The molecule has 2 rings (SSSR count). The number of ether oxygens (including phenoxy) is 1. The van der Waals surface area contributed by atoms with Crippen LogP contribution in [0.15, 0.2) is 47.4 Å². The predicted octanol–water partition coefficient (Wildman–Crippen LogP) is 2.90. The van der Waals surface area contributed by atoms with Crippen molar-refractivity contribution < 1.29 is 13.2 Å². The zero-order valence-corrected chi connectivity index (χ0v) is 12.4. The van der Waals surface area contributed by atoms with Crippen LogP contribution in [0.5, 0.6) is 5.75 Å². The van der Waals surface area contributed by atoms with E-state index in [9.17, 15) is 8.42 Å². The van der Waals surface area contributed by atoms with Crippen LogP contribution in [0.1, 0.15) is 5.56 Å². The highest BCUT2D eigenvalue weighted by Gasteiger charge is 2.07. The summed E-state index contributed by atoms with van der Waals surface area (Å²) in [6.45, 7) is 0.268. The molecule has 106 valence electrons. The standard InChI is InChI=1S/C14H14ClNO3S/c1-20(17,18)13-5-3-12(4-6-13)19-9-10-8-11(15)2-7-14(10)16/h2-8H,9,16H2,1H3. The minimum atomic E-state index is -3.19. The van der Waals surface area contributed by atoms with Crippen LogP contribution in [0.25, 0.3) is 0 Å². The van der Waals surface area contributed by atoms with E-state index in [4.69, 9.17) is 22.1 Å². The van der Waals surface area contributed by atoms with Crippen LogP contribution in [0, 0.1) is 0 Å². The second-order valence-electron chi connectivity index (χ2n) is 4.38. The van der Waals surface area contributed by atoms with E-state index in [-0.39, 0.29) is 11.5 Å². The van der Waals surface area contributed by atoms with Crippen molar-refractivity contribution in [1.82, 2.24) is 0 Å². The lowest BCUT2D eigenvalue weighted by Gasteiger charge is -2.09. The molecule has 0 heterocycles. The molecule has 20 heavy (non-hydrogen) atoms. The number of anilines is 1. The molecule has 0 spiro atoms. The van der Waals surface area contributed by atoms with Crippen molar-refractivity contribution in [1.29, 1.82) is 0 Å². The summed E-state index contributed by atoms with van der Waals surface area (Å²) in [5, 5.41) is 0.588. The van der Waals surface area contributed by atoms with Crippen LogP contribution in [0.2, 0.25) is 5.02 Å². The fraction of sp³-hybridized carbons (Fsp3) is 0.143. The van der Waals surface area contributed by atoms with Crippen molar-refractivity contribution in [3.8, 4) is 5.75 Å². The Hall–Kier alpha value is -1.72. The van der Waals surface area contributed by atoms with Crippen molar-refractivity contribution in [2.75, 3.05) is 12.0 Å². The summed E-state index contributed by atoms with van der Waals surface area (Å²) in [7, 11) is -3.19. The van der Waals surface area contributed by atoms with E-state index in [2.05, 4.69) is 0 Å². The van der Waals surface area contributed by atoms with Crippen molar-refractivity contribution in [3.05, 3.63) is 53.1 Å². The van der Waals surface area contributed by atoms with Gasteiger partial charge in [0, 0.05) is 22.5 Å². The Kier molecular flexibility index (Phi) is 4.20. The van der Waals surface area contributed by atoms with E-state index in [1.165, 1.54) is 12.1 Å². The number of nitrogen functional groups attached to an aromatic ring is 1. The SMILES string of the molecule is CS(=O)(=O)c1ccc(OCc2cc(Cl)ccc2N)cc1. The minimum Gasteiger partial charge on any atom is -0.489 e. The lowest BCUT2D eigenvalue weighted by molar-refractivity contribution is 0.306. The topological polar surface area (TPSA) is 69.4 Å². The van der Waals surface area contributed by atoms with Gasteiger partial charge in [0.25, 0.3) is 0 Å². The van der Waals surface area contributed by atoms with Crippen LogP contribution < -0.4 is 10.5 Å². The van der Waals surface area contributed by atoms with Gasteiger partial charge in [0.2, 0.25) is 0 Å². The number of benzene rings is 2. The van der Waals surface area contributed by atoms with E-state index in [0.29, 0.717) is 16.5 Å². The number of sulfone groups is 1.